The molecule has 0 aromatic heterocycles. The van der Waals surface area contributed by atoms with E-state index >= 15 is 0 Å². The van der Waals surface area contributed by atoms with Gasteiger partial charge in [-0.15, -0.1) is 0 Å². The predicted octanol–water partition coefficient (Wildman–Crippen LogP) is 3.54. The van der Waals surface area contributed by atoms with Crippen LogP contribution in [-0.2, 0) is 4.79 Å². The van der Waals surface area contributed by atoms with Crippen molar-refractivity contribution in [3.8, 4) is 5.75 Å². The zero-order chi connectivity index (χ0) is 16.1. The monoisotopic (exact) mass is 310 g/mol. The second-order valence-electron chi connectivity index (χ2n) is 6.05. The molecule has 0 aliphatic heterocycles. The molecule has 1 aliphatic carbocycles. The first kappa shape index (κ1) is 15.4. The van der Waals surface area contributed by atoms with Gasteiger partial charge in [0.05, 0.1) is 0 Å². The molecule has 0 bridgehead atoms. The number of hydrogen-bond acceptors (Lipinski definition) is 3. The van der Waals surface area contributed by atoms with Crippen LogP contribution in [-0.4, -0.2) is 12.5 Å². The zero-order valence-electron chi connectivity index (χ0n) is 13.3. The number of ether oxygens (including phenoxy) is 1. The molecule has 4 nitrogen and oxygen atoms in total. The predicted molar refractivity (Wildman–Crippen MR) is 91.8 cm³/mol. The zero-order valence-corrected chi connectivity index (χ0v) is 13.3. The highest BCUT2D eigenvalue weighted by Gasteiger charge is 2.11. The summed E-state index contributed by atoms with van der Waals surface area (Å²) < 4.78 is 5.67. The minimum Gasteiger partial charge on any atom is -0.483 e. The number of carbonyl (C=O) groups excluding carboxylic acids is 1. The van der Waals surface area contributed by atoms with Gasteiger partial charge in [0.2, 0.25) is 0 Å². The van der Waals surface area contributed by atoms with Crippen molar-refractivity contribution in [3.05, 3.63) is 54.2 Å². The quantitative estimate of drug-likeness (QED) is 0.831. The van der Waals surface area contributed by atoms with E-state index in [9.17, 15) is 4.79 Å². The third-order valence-electron chi connectivity index (χ3n) is 4.14. The first-order chi connectivity index (χ1) is 11.2. The number of hydrogen-bond donors (Lipinski definition) is 2. The molecule has 3 rings (SSSR count). The second-order valence-corrected chi connectivity index (χ2v) is 6.05. The van der Waals surface area contributed by atoms with E-state index in [1.54, 1.807) is 0 Å². The van der Waals surface area contributed by atoms with E-state index in [2.05, 4.69) is 23.9 Å². The van der Waals surface area contributed by atoms with Gasteiger partial charge >= 0.3 is 0 Å². The molecule has 23 heavy (non-hydrogen) atoms. The van der Waals surface area contributed by atoms with Gasteiger partial charge in [0.15, 0.2) is 6.61 Å². The summed E-state index contributed by atoms with van der Waals surface area (Å²) in [6.45, 7) is 2.23. The van der Waals surface area contributed by atoms with E-state index in [4.69, 9.17) is 4.74 Å². The Morgan fingerprint density at radius 2 is 2.04 bits per heavy atom. The Morgan fingerprint density at radius 1 is 1.22 bits per heavy atom. The normalized spacial score (nSPS) is 17.4. The number of allylic oxidation sites excluding steroid dienone is 2. The molecule has 2 N–H and O–H groups in total. The summed E-state index contributed by atoms with van der Waals surface area (Å²) in [6.07, 6.45) is 5.34. The average Bonchev–Trinajstić information content (AvgIpc) is 2.59. The number of hydrazine groups is 1. The smallest absolute Gasteiger partial charge is 0.276 e. The summed E-state index contributed by atoms with van der Waals surface area (Å²) in [5, 5.41) is 2.12. The third kappa shape index (κ3) is 4.03. The maximum atomic E-state index is 11.9. The van der Waals surface area contributed by atoms with Gasteiger partial charge < -0.3 is 10.2 Å². The minimum atomic E-state index is -0.183. The van der Waals surface area contributed by atoms with Crippen LogP contribution in [0.3, 0.4) is 0 Å². The lowest BCUT2D eigenvalue weighted by Crippen LogP contribution is -2.40. The average molecular weight is 310 g/mol. The largest absolute Gasteiger partial charge is 0.483 e. The summed E-state index contributed by atoms with van der Waals surface area (Å²) >= 11 is 0. The van der Waals surface area contributed by atoms with Crippen molar-refractivity contribution in [2.24, 2.45) is 5.92 Å². The summed E-state index contributed by atoms with van der Waals surface area (Å²) in [7, 11) is 0. The Morgan fingerprint density at radius 3 is 2.87 bits per heavy atom. The van der Waals surface area contributed by atoms with Gasteiger partial charge in [0.1, 0.15) is 5.75 Å². The number of benzene rings is 2. The molecule has 120 valence electrons. The van der Waals surface area contributed by atoms with Crippen molar-refractivity contribution in [1.29, 1.82) is 0 Å². The number of carbonyl (C=O) groups is 1. The Kier molecular flexibility index (Phi) is 4.81. The lowest BCUT2D eigenvalue weighted by molar-refractivity contribution is -0.123. The van der Waals surface area contributed by atoms with Gasteiger partial charge in [0, 0.05) is 11.1 Å². The highest BCUT2D eigenvalue weighted by atomic mass is 16.5. The maximum Gasteiger partial charge on any atom is 0.276 e. The highest BCUT2D eigenvalue weighted by Crippen LogP contribution is 2.25. The van der Waals surface area contributed by atoms with Gasteiger partial charge in [-0.2, -0.15) is 0 Å². The lowest BCUT2D eigenvalue weighted by atomic mass is 9.95. The number of fused-ring (bicyclic) bond motifs is 1. The first-order valence-electron chi connectivity index (χ1n) is 8.07. The standard InChI is InChI=1S/C19H22N2O2/c1-14-9-11-16(12-10-14)20-21-19(22)13-23-18-8-4-6-15-5-2-3-7-17(15)18/h2-8,11,14,20H,9-10,12-13H2,1H3,(H,21,22). The van der Waals surface area contributed by atoms with Crippen LogP contribution in [0.25, 0.3) is 10.8 Å². The fraction of sp³-hybridized carbons (Fsp3) is 0.316. The van der Waals surface area contributed by atoms with Crippen LogP contribution in [0.4, 0.5) is 0 Å². The van der Waals surface area contributed by atoms with E-state index < -0.39 is 0 Å². The molecule has 0 saturated carbocycles. The Bertz CT molecular complexity index is 719. The first-order valence-corrected chi connectivity index (χ1v) is 8.07. The maximum absolute atomic E-state index is 11.9. The van der Waals surface area contributed by atoms with Crippen molar-refractivity contribution in [1.82, 2.24) is 10.9 Å². The van der Waals surface area contributed by atoms with E-state index in [-0.39, 0.29) is 12.5 Å². The minimum absolute atomic E-state index is 0.00924. The summed E-state index contributed by atoms with van der Waals surface area (Å²) in [5.41, 5.74) is 6.79. The van der Waals surface area contributed by atoms with Crippen LogP contribution in [0.2, 0.25) is 0 Å². The third-order valence-corrected chi connectivity index (χ3v) is 4.14. The van der Waals surface area contributed by atoms with Crippen LogP contribution >= 0.6 is 0 Å². The molecule has 1 amide bonds. The second kappa shape index (κ2) is 7.18. The van der Waals surface area contributed by atoms with Crippen LogP contribution in [0.1, 0.15) is 26.2 Å². The summed E-state index contributed by atoms with van der Waals surface area (Å²) in [6, 6.07) is 13.8. The van der Waals surface area contributed by atoms with Crippen LogP contribution < -0.4 is 15.6 Å². The molecule has 1 unspecified atom stereocenters. The van der Waals surface area contributed by atoms with E-state index in [1.165, 1.54) is 0 Å². The molecular weight excluding hydrogens is 288 g/mol. The number of nitrogens with one attached hydrogen (secondary N) is 2. The Labute approximate surface area is 136 Å². The van der Waals surface area contributed by atoms with Gasteiger partial charge in [-0.25, -0.2) is 0 Å². The Hall–Kier alpha value is -2.49. The van der Waals surface area contributed by atoms with Crippen molar-refractivity contribution >= 4 is 16.7 Å². The fourth-order valence-corrected chi connectivity index (χ4v) is 2.73. The molecule has 1 aliphatic rings. The summed E-state index contributed by atoms with van der Waals surface area (Å²) in [5.74, 6) is 1.27. The van der Waals surface area contributed by atoms with Gasteiger partial charge in [0.25, 0.3) is 5.91 Å². The van der Waals surface area contributed by atoms with Crippen molar-refractivity contribution in [3.63, 3.8) is 0 Å². The summed E-state index contributed by atoms with van der Waals surface area (Å²) in [4.78, 5) is 11.9. The molecule has 0 fully saturated rings. The molecule has 1 atom stereocenters. The Balaban J connectivity index is 1.52. The van der Waals surface area contributed by atoms with Gasteiger partial charge in [-0.3, -0.25) is 10.2 Å². The fourth-order valence-electron chi connectivity index (χ4n) is 2.73. The topological polar surface area (TPSA) is 50.4 Å². The molecule has 2 aromatic rings. The van der Waals surface area contributed by atoms with Crippen molar-refractivity contribution < 1.29 is 9.53 Å². The molecule has 0 heterocycles. The SMILES string of the molecule is CC1CC=C(NNC(=O)COc2cccc3ccccc23)CC1. The molecule has 4 heteroatoms. The lowest BCUT2D eigenvalue weighted by Gasteiger charge is -2.19. The van der Waals surface area contributed by atoms with Crippen molar-refractivity contribution in [2.45, 2.75) is 26.2 Å². The highest BCUT2D eigenvalue weighted by molar-refractivity contribution is 5.88. The van der Waals surface area contributed by atoms with E-state index in [0.29, 0.717) is 0 Å². The van der Waals surface area contributed by atoms with Crippen LogP contribution in [0, 0.1) is 5.92 Å². The molecule has 0 saturated heterocycles. The molecule has 0 radical (unpaired) electrons. The number of amides is 1. The molecule has 0 spiro atoms. The molecule has 2 aromatic carbocycles. The number of rotatable bonds is 5. The van der Waals surface area contributed by atoms with Gasteiger partial charge in [-0.1, -0.05) is 49.4 Å². The van der Waals surface area contributed by atoms with Gasteiger partial charge in [-0.05, 0) is 36.6 Å². The van der Waals surface area contributed by atoms with E-state index in [1.807, 2.05) is 42.5 Å². The van der Waals surface area contributed by atoms with Crippen molar-refractivity contribution in [2.75, 3.05) is 6.61 Å². The van der Waals surface area contributed by atoms with E-state index in [0.717, 1.165) is 47.4 Å². The van der Waals surface area contributed by atoms with Crippen LogP contribution in [0.15, 0.2) is 54.2 Å². The molecular formula is C19H22N2O2. The van der Waals surface area contributed by atoms with Crippen LogP contribution in [0.5, 0.6) is 5.75 Å².